The zero-order valence-corrected chi connectivity index (χ0v) is 6.52. The summed E-state index contributed by atoms with van der Waals surface area (Å²) in [6, 6.07) is 0.549. The zero-order chi connectivity index (χ0) is 7.28. The average Bonchev–Trinajstić information content (AvgIpc) is 1.83. The molecule has 0 aliphatic rings. The first-order valence-corrected chi connectivity index (χ1v) is 3.23. The second-order valence-electron chi connectivity index (χ2n) is 2.46. The van der Waals surface area contributed by atoms with Crippen LogP contribution in [0.15, 0.2) is 12.8 Å². The summed E-state index contributed by atoms with van der Waals surface area (Å²) in [6.45, 7) is 8.74. The molecule has 0 saturated carbocycles. The number of nitrogens with one attached hydrogen (secondary N) is 1. The van der Waals surface area contributed by atoms with Crippen molar-refractivity contribution in [3.63, 3.8) is 0 Å². The third-order valence-corrected chi connectivity index (χ3v) is 1.06. The monoisotopic (exact) mass is 128 g/mol. The van der Waals surface area contributed by atoms with E-state index in [0.29, 0.717) is 6.04 Å². The standard InChI is InChI=1S/C7H16N2/c1-5-9(4)6-8-7(2)3/h5,7-8H,1,6H2,2-4H3. The SMILES string of the molecule is C=CN(C)CNC(C)C. The van der Waals surface area contributed by atoms with Gasteiger partial charge in [0.1, 0.15) is 0 Å². The van der Waals surface area contributed by atoms with Gasteiger partial charge in [-0.1, -0.05) is 6.58 Å². The van der Waals surface area contributed by atoms with E-state index in [2.05, 4.69) is 25.7 Å². The first kappa shape index (κ1) is 8.50. The van der Waals surface area contributed by atoms with Gasteiger partial charge in [-0.15, -0.1) is 0 Å². The summed E-state index contributed by atoms with van der Waals surface area (Å²) >= 11 is 0. The normalized spacial score (nSPS) is 9.78. The summed E-state index contributed by atoms with van der Waals surface area (Å²) in [7, 11) is 1.99. The van der Waals surface area contributed by atoms with E-state index in [1.807, 2.05) is 11.9 Å². The van der Waals surface area contributed by atoms with E-state index in [0.717, 1.165) is 6.67 Å². The van der Waals surface area contributed by atoms with Gasteiger partial charge in [-0.05, 0) is 20.0 Å². The molecule has 0 unspecified atom stereocenters. The molecule has 0 spiro atoms. The first-order valence-electron chi connectivity index (χ1n) is 3.23. The van der Waals surface area contributed by atoms with Gasteiger partial charge in [-0.2, -0.15) is 0 Å². The molecule has 54 valence electrons. The van der Waals surface area contributed by atoms with Crippen molar-refractivity contribution in [1.82, 2.24) is 10.2 Å². The van der Waals surface area contributed by atoms with E-state index in [1.54, 1.807) is 6.20 Å². The van der Waals surface area contributed by atoms with Gasteiger partial charge >= 0.3 is 0 Å². The lowest BCUT2D eigenvalue weighted by Crippen LogP contribution is -2.32. The van der Waals surface area contributed by atoms with Gasteiger partial charge in [-0.3, -0.25) is 5.32 Å². The molecule has 2 nitrogen and oxygen atoms in total. The van der Waals surface area contributed by atoms with Crippen molar-refractivity contribution in [3.8, 4) is 0 Å². The molecule has 0 aromatic rings. The molecule has 0 rings (SSSR count). The van der Waals surface area contributed by atoms with Gasteiger partial charge in [0.25, 0.3) is 0 Å². The molecule has 0 heterocycles. The van der Waals surface area contributed by atoms with Crippen LogP contribution in [0.4, 0.5) is 0 Å². The highest BCUT2D eigenvalue weighted by molar-refractivity contribution is 4.65. The second-order valence-corrected chi connectivity index (χ2v) is 2.46. The minimum atomic E-state index is 0.549. The summed E-state index contributed by atoms with van der Waals surface area (Å²) in [5, 5.41) is 3.25. The van der Waals surface area contributed by atoms with E-state index >= 15 is 0 Å². The molecular formula is C7H16N2. The highest BCUT2D eigenvalue weighted by atomic mass is 15.2. The molecule has 0 saturated heterocycles. The van der Waals surface area contributed by atoms with Crippen molar-refractivity contribution in [2.24, 2.45) is 0 Å². The molecule has 0 bridgehead atoms. The molecule has 1 N–H and O–H groups in total. The summed E-state index contributed by atoms with van der Waals surface area (Å²) < 4.78 is 0. The van der Waals surface area contributed by atoms with Gasteiger partial charge in [0.15, 0.2) is 0 Å². The molecular weight excluding hydrogens is 112 g/mol. The lowest BCUT2D eigenvalue weighted by atomic mass is 10.4. The van der Waals surface area contributed by atoms with Gasteiger partial charge in [0.2, 0.25) is 0 Å². The highest BCUT2D eigenvalue weighted by Crippen LogP contribution is 1.79. The Morgan fingerprint density at radius 2 is 2.22 bits per heavy atom. The van der Waals surface area contributed by atoms with E-state index < -0.39 is 0 Å². The summed E-state index contributed by atoms with van der Waals surface area (Å²) in [6.07, 6.45) is 1.80. The molecule has 0 amide bonds. The van der Waals surface area contributed by atoms with Crippen molar-refractivity contribution >= 4 is 0 Å². The van der Waals surface area contributed by atoms with Crippen LogP contribution in [0.1, 0.15) is 13.8 Å². The zero-order valence-electron chi connectivity index (χ0n) is 6.52. The molecule has 0 fully saturated rings. The van der Waals surface area contributed by atoms with Crippen LogP contribution in [0.3, 0.4) is 0 Å². The third kappa shape index (κ3) is 5.37. The Morgan fingerprint density at radius 1 is 1.67 bits per heavy atom. The van der Waals surface area contributed by atoms with Crippen molar-refractivity contribution < 1.29 is 0 Å². The number of hydrogen-bond donors (Lipinski definition) is 1. The van der Waals surface area contributed by atoms with Crippen LogP contribution in [0.5, 0.6) is 0 Å². The average molecular weight is 128 g/mol. The molecule has 0 aromatic carbocycles. The second kappa shape index (κ2) is 4.39. The van der Waals surface area contributed by atoms with E-state index in [-0.39, 0.29) is 0 Å². The fourth-order valence-electron chi connectivity index (χ4n) is 0.391. The fourth-order valence-corrected chi connectivity index (χ4v) is 0.391. The number of rotatable bonds is 4. The maximum Gasteiger partial charge on any atom is 0.0674 e. The summed E-state index contributed by atoms with van der Waals surface area (Å²) in [5.41, 5.74) is 0. The van der Waals surface area contributed by atoms with Crippen LogP contribution in [0.2, 0.25) is 0 Å². The van der Waals surface area contributed by atoms with Crippen LogP contribution in [-0.2, 0) is 0 Å². The van der Waals surface area contributed by atoms with Crippen LogP contribution in [-0.4, -0.2) is 24.7 Å². The smallest absolute Gasteiger partial charge is 0.0674 e. The molecule has 2 heteroatoms. The third-order valence-electron chi connectivity index (χ3n) is 1.06. The van der Waals surface area contributed by atoms with Crippen molar-refractivity contribution in [2.45, 2.75) is 19.9 Å². The Balaban J connectivity index is 3.16. The predicted octanol–water partition coefficient (Wildman–Crippen LogP) is 1.02. The maximum atomic E-state index is 3.62. The molecule has 0 aromatic heterocycles. The minimum Gasteiger partial charge on any atom is -0.368 e. The highest BCUT2D eigenvalue weighted by Gasteiger charge is 1.90. The Morgan fingerprint density at radius 3 is 2.56 bits per heavy atom. The van der Waals surface area contributed by atoms with Crippen molar-refractivity contribution in [3.05, 3.63) is 12.8 Å². The summed E-state index contributed by atoms with van der Waals surface area (Å²) in [5.74, 6) is 0. The van der Waals surface area contributed by atoms with E-state index in [9.17, 15) is 0 Å². The van der Waals surface area contributed by atoms with Crippen LogP contribution in [0, 0.1) is 0 Å². The van der Waals surface area contributed by atoms with E-state index in [1.165, 1.54) is 0 Å². The Kier molecular flexibility index (Phi) is 4.14. The molecule has 0 radical (unpaired) electrons. The van der Waals surface area contributed by atoms with Gasteiger partial charge < -0.3 is 4.90 Å². The summed E-state index contributed by atoms with van der Waals surface area (Å²) in [4.78, 5) is 2.00. The largest absolute Gasteiger partial charge is 0.368 e. The molecule has 0 atom stereocenters. The number of hydrogen-bond acceptors (Lipinski definition) is 2. The Bertz CT molecular complexity index is 79.0. The maximum absolute atomic E-state index is 3.62. The van der Waals surface area contributed by atoms with Gasteiger partial charge in [0.05, 0.1) is 6.67 Å². The topological polar surface area (TPSA) is 15.3 Å². The Labute approximate surface area is 57.5 Å². The molecule has 0 aliphatic heterocycles. The lowest BCUT2D eigenvalue weighted by molar-refractivity contribution is 0.386. The Hall–Kier alpha value is -0.500. The fraction of sp³-hybridized carbons (Fsp3) is 0.714. The quantitative estimate of drug-likeness (QED) is 0.569. The first-order chi connectivity index (χ1) is 4.16. The number of nitrogens with zero attached hydrogens (tertiary/aromatic N) is 1. The van der Waals surface area contributed by atoms with Crippen LogP contribution in [0.25, 0.3) is 0 Å². The van der Waals surface area contributed by atoms with Gasteiger partial charge in [-0.25, -0.2) is 0 Å². The van der Waals surface area contributed by atoms with Gasteiger partial charge in [0, 0.05) is 13.1 Å². The molecule has 9 heavy (non-hydrogen) atoms. The van der Waals surface area contributed by atoms with E-state index in [4.69, 9.17) is 0 Å². The van der Waals surface area contributed by atoms with Crippen molar-refractivity contribution in [2.75, 3.05) is 13.7 Å². The minimum absolute atomic E-state index is 0.549. The van der Waals surface area contributed by atoms with Crippen molar-refractivity contribution in [1.29, 1.82) is 0 Å². The van der Waals surface area contributed by atoms with Crippen LogP contribution < -0.4 is 5.32 Å². The van der Waals surface area contributed by atoms with Crippen LogP contribution >= 0.6 is 0 Å². The predicted molar refractivity (Wildman–Crippen MR) is 41.1 cm³/mol. The lowest BCUT2D eigenvalue weighted by Gasteiger charge is -2.15. The molecule has 0 aliphatic carbocycles.